The molecule has 1 aromatic carbocycles. The lowest BCUT2D eigenvalue weighted by Gasteiger charge is -2.27. The first-order valence-corrected chi connectivity index (χ1v) is 10.0. The molecule has 142 valence electrons. The highest BCUT2D eigenvalue weighted by Gasteiger charge is 2.27. The van der Waals surface area contributed by atoms with Gasteiger partial charge in [0.2, 0.25) is 11.8 Å². The van der Waals surface area contributed by atoms with Crippen molar-refractivity contribution < 1.29 is 9.59 Å². The van der Waals surface area contributed by atoms with Gasteiger partial charge in [-0.15, -0.1) is 0 Å². The summed E-state index contributed by atoms with van der Waals surface area (Å²) in [6.45, 7) is 5.52. The molecule has 1 aromatic rings. The summed E-state index contributed by atoms with van der Waals surface area (Å²) in [7, 11) is 0. The second-order valence-corrected chi connectivity index (χ2v) is 7.68. The smallest absolute Gasteiger partial charge is 0.242 e. The van der Waals surface area contributed by atoms with Crippen LogP contribution in [-0.4, -0.2) is 35.8 Å². The molecule has 1 unspecified atom stereocenters. The van der Waals surface area contributed by atoms with Crippen molar-refractivity contribution in [2.45, 2.75) is 64.6 Å². The van der Waals surface area contributed by atoms with Crippen LogP contribution < -0.4 is 10.6 Å². The molecule has 1 aliphatic heterocycles. The van der Waals surface area contributed by atoms with Crippen LogP contribution >= 0.6 is 0 Å². The fourth-order valence-electron chi connectivity index (χ4n) is 3.65. The van der Waals surface area contributed by atoms with Crippen LogP contribution in [0.5, 0.6) is 0 Å². The molecular weight excluding hydrogens is 326 g/mol. The van der Waals surface area contributed by atoms with Crippen molar-refractivity contribution in [2.75, 3.05) is 13.1 Å². The van der Waals surface area contributed by atoms with E-state index in [0.29, 0.717) is 6.54 Å². The quantitative estimate of drug-likeness (QED) is 0.788. The van der Waals surface area contributed by atoms with Crippen molar-refractivity contribution in [3.05, 3.63) is 35.4 Å². The van der Waals surface area contributed by atoms with E-state index >= 15 is 0 Å². The third-order valence-corrected chi connectivity index (χ3v) is 5.64. The minimum atomic E-state index is -0.489. The number of carbonyl (C=O) groups excluding carboxylic acids is 2. The SMILES string of the molecule is CC(NC(=O)C1CCC1)C(=O)NCc1ccccc1CN1CCCCC1. The summed E-state index contributed by atoms with van der Waals surface area (Å²) in [4.78, 5) is 26.8. The van der Waals surface area contributed by atoms with E-state index in [4.69, 9.17) is 0 Å². The molecule has 1 saturated carbocycles. The maximum Gasteiger partial charge on any atom is 0.242 e. The number of rotatable bonds is 7. The molecule has 0 spiro atoms. The normalized spacial score (nSPS) is 19.4. The van der Waals surface area contributed by atoms with Gasteiger partial charge in [0.25, 0.3) is 0 Å². The minimum Gasteiger partial charge on any atom is -0.350 e. The first kappa shape index (κ1) is 18.9. The summed E-state index contributed by atoms with van der Waals surface area (Å²) < 4.78 is 0. The zero-order valence-corrected chi connectivity index (χ0v) is 15.8. The second-order valence-electron chi connectivity index (χ2n) is 7.68. The summed E-state index contributed by atoms with van der Waals surface area (Å²) in [5.41, 5.74) is 2.43. The van der Waals surface area contributed by atoms with Crippen molar-refractivity contribution in [3.63, 3.8) is 0 Å². The van der Waals surface area contributed by atoms with Gasteiger partial charge in [0.05, 0.1) is 0 Å². The Bertz CT molecular complexity index is 621. The molecule has 1 saturated heterocycles. The number of nitrogens with one attached hydrogen (secondary N) is 2. The summed E-state index contributed by atoms with van der Waals surface area (Å²) in [5.74, 6) is 0.00497. The van der Waals surface area contributed by atoms with E-state index in [0.717, 1.165) is 44.5 Å². The molecule has 5 nitrogen and oxygen atoms in total. The van der Waals surface area contributed by atoms with E-state index in [1.807, 2.05) is 6.07 Å². The molecular formula is C21H31N3O2. The summed E-state index contributed by atoms with van der Waals surface area (Å²) >= 11 is 0. The Labute approximate surface area is 156 Å². The number of piperidine rings is 1. The molecule has 0 aromatic heterocycles. The van der Waals surface area contributed by atoms with Gasteiger partial charge in [-0.3, -0.25) is 14.5 Å². The number of hydrogen-bond acceptors (Lipinski definition) is 3. The van der Waals surface area contributed by atoms with Gasteiger partial charge in [-0.25, -0.2) is 0 Å². The van der Waals surface area contributed by atoms with E-state index in [1.54, 1.807) is 6.92 Å². The fraction of sp³-hybridized carbons (Fsp3) is 0.619. The van der Waals surface area contributed by atoms with Crippen molar-refractivity contribution in [1.82, 2.24) is 15.5 Å². The van der Waals surface area contributed by atoms with Gasteiger partial charge >= 0.3 is 0 Å². The predicted molar refractivity (Wildman–Crippen MR) is 102 cm³/mol. The molecule has 0 bridgehead atoms. The number of amides is 2. The molecule has 0 radical (unpaired) electrons. The maximum absolute atomic E-state index is 12.3. The molecule has 2 N–H and O–H groups in total. The molecule has 3 rings (SSSR count). The highest BCUT2D eigenvalue weighted by atomic mass is 16.2. The number of benzene rings is 1. The lowest BCUT2D eigenvalue weighted by molar-refractivity contribution is -0.132. The van der Waals surface area contributed by atoms with Gasteiger partial charge in [-0.2, -0.15) is 0 Å². The van der Waals surface area contributed by atoms with Crippen molar-refractivity contribution >= 4 is 11.8 Å². The minimum absolute atomic E-state index is 0.0180. The summed E-state index contributed by atoms with van der Waals surface area (Å²) in [6.07, 6.45) is 6.90. The van der Waals surface area contributed by atoms with Crippen molar-refractivity contribution in [3.8, 4) is 0 Å². The molecule has 2 fully saturated rings. The number of carbonyl (C=O) groups is 2. The number of likely N-dealkylation sites (tertiary alicyclic amines) is 1. The molecule has 1 atom stereocenters. The lowest BCUT2D eigenvalue weighted by atomic mass is 9.84. The average Bonchev–Trinajstić information content (AvgIpc) is 2.60. The largest absolute Gasteiger partial charge is 0.350 e. The average molecular weight is 357 g/mol. The van der Waals surface area contributed by atoms with Crippen LogP contribution in [0.15, 0.2) is 24.3 Å². The van der Waals surface area contributed by atoms with E-state index in [-0.39, 0.29) is 17.7 Å². The fourth-order valence-corrected chi connectivity index (χ4v) is 3.65. The summed E-state index contributed by atoms with van der Waals surface area (Å²) in [6, 6.07) is 7.82. The van der Waals surface area contributed by atoms with E-state index in [9.17, 15) is 9.59 Å². The monoisotopic (exact) mass is 357 g/mol. The molecule has 1 aliphatic carbocycles. The van der Waals surface area contributed by atoms with Crippen LogP contribution in [0.4, 0.5) is 0 Å². The van der Waals surface area contributed by atoms with Crippen LogP contribution in [-0.2, 0) is 22.7 Å². The zero-order valence-electron chi connectivity index (χ0n) is 15.8. The Balaban J connectivity index is 1.50. The highest BCUT2D eigenvalue weighted by molar-refractivity contribution is 5.88. The number of nitrogens with zero attached hydrogens (tertiary/aromatic N) is 1. The van der Waals surface area contributed by atoms with Gasteiger partial charge < -0.3 is 10.6 Å². The number of hydrogen-bond donors (Lipinski definition) is 2. The van der Waals surface area contributed by atoms with E-state index < -0.39 is 6.04 Å². The Morgan fingerprint density at radius 3 is 2.42 bits per heavy atom. The van der Waals surface area contributed by atoms with Gasteiger partial charge in [-0.1, -0.05) is 37.1 Å². The van der Waals surface area contributed by atoms with Crippen LogP contribution in [0.3, 0.4) is 0 Å². The van der Waals surface area contributed by atoms with E-state index in [2.05, 4.69) is 33.7 Å². The first-order chi connectivity index (χ1) is 12.6. The molecule has 1 heterocycles. The van der Waals surface area contributed by atoms with E-state index in [1.165, 1.54) is 24.8 Å². The third-order valence-electron chi connectivity index (χ3n) is 5.64. The van der Waals surface area contributed by atoms with Crippen molar-refractivity contribution in [1.29, 1.82) is 0 Å². The standard InChI is InChI=1S/C21H31N3O2/c1-16(23-21(26)17-10-7-11-17)20(25)22-14-18-8-3-4-9-19(18)15-24-12-5-2-6-13-24/h3-4,8-9,16-17H,2,5-7,10-15H2,1H3,(H,22,25)(H,23,26). The van der Waals surface area contributed by atoms with Crippen LogP contribution in [0, 0.1) is 5.92 Å². The van der Waals surface area contributed by atoms with Crippen LogP contribution in [0.25, 0.3) is 0 Å². The maximum atomic E-state index is 12.3. The van der Waals surface area contributed by atoms with Crippen LogP contribution in [0.2, 0.25) is 0 Å². The Morgan fingerprint density at radius 2 is 1.77 bits per heavy atom. The molecule has 5 heteroatoms. The topological polar surface area (TPSA) is 61.4 Å². The van der Waals surface area contributed by atoms with Gasteiger partial charge in [0.15, 0.2) is 0 Å². The lowest BCUT2D eigenvalue weighted by Crippen LogP contribution is -2.47. The second kappa shape index (κ2) is 9.17. The molecule has 26 heavy (non-hydrogen) atoms. The molecule has 2 amide bonds. The first-order valence-electron chi connectivity index (χ1n) is 10.0. The van der Waals surface area contributed by atoms with Gasteiger partial charge in [0.1, 0.15) is 6.04 Å². The Hall–Kier alpha value is -1.88. The van der Waals surface area contributed by atoms with Crippen molar-refractivity contribution in [2.24, 2.45) is 5.92 Å². The zero-order chi connectivity index (χ0) is 18.4. The predicted octanol–water partition coefficient (Wildman–Crippen LogP) is 2.59. The highest BCUT2D eigenvalue weighted by Crippen LogP contribution is 2.26. The Kier molecular flexibility index (Phi) is 6.67. The van der Waals surface area contributed by atoms with Gasteiger partial charge in [-0.05, 0) is 56.8 Å². The molecule has 2 aliphatic rings. The van der Waals surface area contributed by atoms with Gasteiger partial charge in [0, 0.05) is 19.0 Å². The Morgan fingerprint density at radius 1 is 1.08 bits per heavy atom. The van der Waals surface area contributed by atoms with Crippen LogP contribution in [0.1, 0.15) is 56.6 Å². The third kappa shape index (κ3) is 5.07. The summed E-state index contributed by atoms with van der Waals surface area (Å²) in [5, 5.41) is 5.82.